The normalized spacial score (nSPS) is 12.1. The van der Waals surface area contributed by atoms with Gasteiger partial charge in [-0.2, -0.15) is 0 Å². The number of pyridine rings is 1. The minimum absolute atomic E-state index is 0. The predicted molar refractivity (Wildman–Crippen MR) is 217 cm³/mol. The molecule has 2 aromatic heterocycles. The summed E-state index contributed by atoms with van der Waals surface area (Å²) in [6, 6.07) is 27.2. The smallest absolute Gasteiger partial charge is 0.162 e. The van der Waals surface area contributed by atoms with E-state index in [-0.39, 0.29) is 43.5 Å². The van der Waals surface area contributed by atoms with Gasteiger partial charge < -0.3 is 5.11 Å². The van der Waals surface area contributed by atoms with Crippen LogP contribution in [0.2, 0.25) is 19.6 Å². The first-order valence-electron chi connectivity index (χ1n) is 18.2. The molecule has 0 aliphatic carbocycles. The Bertz CT molecular complexity index is 1890. The van der Waals surface area contributed by atoms with Crippen molar-refractivity contribution in [2.24, 2.45) is 11.8 Å². The number of hydrogen-bond acceptors (Lipinski definition) is 4. The van der Waals surface area contributed by atoms with Crippen molar-refractivity contribution >= 4 is 46.1 Å². The van der Waals surface area contributed by atoms with Crippen LogP contribution < -0.4 is 0 Å². The number of aromatic nitrogens is 1. The molecule has 3 nitrogen and oxygen atoms in total. The molecule has 2 heterocycles. The second-order valence-corrected chi connectivity index (χ2v) is 21.4. The second kappa shape index (κ2) is 18.6. The summed E-state index contributed by atoms with van der Waals surface area (Å²) in [5.74, 6) is 0.985. The van der Waals surface area contributed by atoms with Crippen LogP contribution in [0.15, 0.2) is 78.7 Å². The van der Waals surface area contributed by atoms with Crippen molar-refractivity contribution in [3.05, 3.63) is 101 Å². The van der Waals surface area contributed by atoms with Crippen LogP contribution in [0.5, 0.6) is 0 Å². The van der Waals surface area contributed by atoms with E-state index >= 15 is 0 Å². The predicted octanol–water partition coefficient (Wildman–Crippen LogP) is 13.3. The second-order valence-electron chi connectivity index (χ2n) is 14.9. The van der Waals surface area contributed by atoms with Gasteiger partial charge in [0.2, 0.25) is 0 Å². The summed E-state index contributed by atoms with van der Waals surface area (Å²) in [5.41, 5.74) is 7.58. The van der Waals surface area contributed by atoms with Crippen LogP contribution in [0.1, 0.15) is 89.8 Å². The molecule has 269 valence electrons. The van der Waals surface area contributed by atoms with Crippen LogP contribution in [0, 0.1) is 24.8 Å². The number of carbonyl (C=O) groups is 1. The number of fused-ring (bicyclic) bond motifs is 2. The number of thiophene rings is 1. The Morgan fingerprint density at radius 1 is 0.900 bits per heavy atom. The summed E-state index contributed by atoms with van der Waals surface area (Å²) in [7, 11) is -1.12. The summed E-state index contributed by atoms with van der Waals surface area (Å²) >= 11 is 1.86. The third-order valence-electron chi connectivity index (χ3n) is 9.57. The Labute approximate surface area is 320 Å². The number of carbonyl (C=O) groups excluding carboxylic acids is 1. The SMILES string of the molecule is CCC(CC)C(=O)/C=C(\O)C(CC)CC.Cc1c(-c2ccc(C[Si](C)(C)C)cc2)sc2c(-c3[c-]c4ccccc4c(C(C)C)c3)nccc12.[Ir]. The van der Waals surface area contributed by atoms with Crippen molar-refractivity contribution in [1.29, 1.82) is 0 Å². The van der Waals surface area contributed by atoms with Gasteiger partial charge in [0, 0.05) is 67.6 Å². The van der Waals surface area contributed by atoms with E-state index < -0.39 is 8.07 Å². The number of allylic oxidation sites excluding steroid dienone is 2. The van der Waals surface area contributed by atoms with E-state index in [9.17, 15) is 9.90 Å². The Morgan fingerprint density at radius 2 is 1.52 bits per heavy atom. The van der Waals surface area contributed by atoms with E-state index in [2.05, 4.69) is 107 Å². The monoisotopic (exact) mass is 883 g/mol. The number of aryl methyl sites for hydroxylation is 1. The van der Waals surface area contributed by atoms with Crippen molar-refractivity contribution in [2.45, 2.75) is 106 Å². The molecule has 6 heteroatoms. The van der Waals surface area contributed by atoms with Gasteiger partial charge in [0.1, 0.15) is 0 Å². The zero-order chi connectivity index (χ0) is 35.9. The molecule has 0 amide bonds. The number of ketones is 1. The van der Waals surface area contributed by atoms with E-state index in [1.165, 1.54) is 54.7 Å². The van der Waals surface area contributed by atoms with Gasteiger partial charge >= 0.3 is 0 Å². The van der Waals surface area contributed by atoms with Gasteiger partial charge in [-0.05, 0) is 67.1 Å². The Kier molecular flexibility index (Phi) is 15.4. The Morgan fingerprint density at radius 3 is 2.10 bits per heavy atom. The molecule has 0 unspecified atom stereocenters. The number of nitrogens with zero attached hydrogens (tertiary/aromatic N) is 1. The molecule has 0 aliphatic heterocycles. The number of aliphatic hydroxyl groups is 1. The molecule has 1 radical (unpaired) electrons. The van der Waals surface area contributed by atoms with E-state index in [0.29, 0.717) is 5.92 Å². The standard InChI is InChI=1S/C31H32NSSi.C13H24O2.Ir/c1-20(2)28-18-25(17-24-9-7-8-10-27(24)28)29-31-26(15-16-32-29)21(3)30(33-31)23-13-11-22(12-14-23)19-34(4,5)6;1-5-10(6-2)12(14)9-13(15)11(7-3)8-4;/h7-16,18,20H,19H2,1-6H3;9-11,14H,5-8H2,1-4H3;/q-1;;/b;12-9-;. The first-order valence-corrected chi connectivity index (χ1v) is 22.7. The molecule has 0 aliphatic rings. The number of rotatable bonds is 12. The maximum Gasteiger partial charge on any atom is 0.162 e. The van der Waals surface area contributed by atoms with E-state index in [0.717, 1.165) is 42.3 Å². The molecule has 5 rings (SSSR count). The minimum atomic E-state index is -1.12. The van der Waals surface area contributed by atoms with Crippen molar-refractivity contribution in [3.63, 3.8) is 0 Å². The number of aliphatic hydroxyl groups excluding tert-OH is 1. The third kappa shape index (κ3) is 10.1. The molecule has 50 heavy (non-hydrogen) atoms. The molecule has 1 N–H and O–H groups in total. The third-order valence-corrected chi connectivity index (χ3v) is 12.4. The minimum Gasteiger partial charge on any atom is -0.512 e. The van der Waals surface area contributed by atoms with E-state index in [1.807, 2.05) is 45.2 Å². The molecule has 0 saturated heterocycles. The molecule has 0 atom stereocenters. The molecule has 0 fully saturated rings. The maximum absolute atomic E-state index is 11.7. The summed E-state index contributed by atoms with van der Waals surface area (Å²) in [5, 5.41) is 13.5. The first kappa shape index (κ1) is 41.5. The fraction of sp³-hybridized carbons (Fsp3) is 0.409. The van der Waals surface area contributed by atoms with E-state index in [1.54, 1.807) is 0 Å². The topological polar surface area (TPSA) is 50.2 Å². The maximum atomic E-state index is 11.7. The first-order chi connectivity index (χ1) is 23.3. The average Bonchev–Trinajstić information content (AvgIpc) is 3.41. The van der Waals surface area contributed by atoms with Crippen LogP contribution in [0.4, 0.5) is 0 Å². The van der Waals surface area contributed by atoms with Gasteiger partial charge in [-0.1, -0.05) is 120 Å². The molecular formula is C44H56IrNO2SSi-. The van der Waals surface area contributed by atoms with E-state index in [4.69, 9.17) is 4.98 Å². The number of benzene rings is 3. The summed E-state index contributed by atoms with van der Waals surface area (Å²) < 4.78 is 1.25. The Hall–Kier alpha value is -2.89. The van der Waals surface area contributed by atoms with Gasteiger partial charge in [0.25, 0.3) is 0 Å². The number of hydrogen-bond donors (Lipinski definition) is 1. The molecule has 5 aromatic rings. The Balaban J connectivity index is 0.000000361. The van der Waals surface area contributed by atoms with Gasteiger partial charge in [0.05, 0.1) is 5.76 Å². The summed E-state index contributed by atoms with van der Waals surface area (Å²) in [6.45, 7) is 22.1. The zero-order valence-corrected chi connectivity index (χ0v) is 36.0. The van der Waals surface area contributed by atoms with Crippen LogP contribution in [-0.4, -0.2) is 23.9 Å². The fourth-order valence-electron chi connectivity index (χ4n) is 6.64. The van der Waals surface area contributed by atoms with Crippen molar-refractivity contribution in [3.8, 4) is 21.7 Å². The summed E-state index contributed by atoms with van der Waals surface area (Å²) in [4.78, 5) is 17.9. The van der Waals surface area contributed by atoms with Gasteiger partial charge in [-0.25, -0.2) is 0 Å². The molecule has 0 saturated carbocycles. The summed E-state index contributed by atoms with van der Waals surface area (Å²) in [6.07, 6.45) is 6.86. The van der Waals surface area contributed by atoms with Crippen molar-refractivity contribution in [1.82, 2.24) is 4.98 Å². The largest absolute Gasteiger partial charge is 0.512 e. The van der Waals surface area contributed by atoms with Crippen LogP contribution >= 0.6 is 11.3 Å². The molecule has 0 spiro atoms. The molecule has 0 bridgehead atoms. The van der Waals surface area contributed by atoms with Crippen LogP contribution in [0.3, 0.4) is 0 Å². The molecule has 3 aromatic carbocycles. The fourth-order valence-corrected chi connectivity index (χ4v) is 9.42. The molecular weight excluding hydrogens is 827 g/mol. The van der Waals surface area contributed by atoms with Crippen molar-refractivity contribution < 1.29 is 30.0 Å². The van der Waals surface area contributed by atoms with Crippen LogP contribution in [0.25, 0.3) is 42.6 Å². The van der Waals surface area contributed by atoms with Gasteiger partial charge in [0.15, 0.2) is 5.78 Å². The van der Waals surface area contributed by atoms with Crippen LogP contribution in [-0.2, 0) is 30.9 Å². The quantitative estimate of drug-likeness (QED) is 0.0588. The average molecular weight is 883 g/mol. The van der Waals surface area contributed by atoms with Gasteiger partial charge in [-0.3, -0.25) is 9.78 Å². The van der Waals surface area contributed by atoms with Crippen molar-refractivity contribution in [2.75, 3.05) is 0 Å². The zero-order valence-electron chi connectivity index (χ0n) is 31.7. The van der Waals surface area contributed by atoms with Gasteiger partial charge in [-0.15, -0.1) is 40.5 Å².